The lowest BCUT2D eigenvalue weighted by Gasteiger charge is -2.05. The van der Waals surface area contributed by atoms with Crippen molar-refractivity contribution in [2.75, 3.05) is 19.8 Å². The van der Waals surface area contributed by atoms with Crippen molar-refractivity contribution in [2.24, 2.45) is 0 Å². The molecule has 0 aliphatic rings. The van der Waals surface area contributed by atoms with Crippen LogP contribution in [0, 0.1) is 0 Å². The minimum atomic E-state index is -0.595. The third-order valence-corrected chi connectivity index (χ3v) is 1.27. The first kappa shape index (κ1) is 10.6. The Morgan fingerprint density at radius 1 is 1.55 bits per heavy atom. The summed E-state index contributed by atoms with van der Waals surface area (Å²) in [4.78, 5) is 0. The van der Waals surface area contributed by atoms with Crippen LogP contribution in [0.4, 0.5) is 0 Å². The molecular weight excluding hydrogens is 144 g/mol. The Bertz CT molecular complexity index is 93.3. The van der Waals surface area contributed by atoms with Gasteiger partial charge >= 0.3 is 0 Å². The molecule has 0 fully saturated rings. The summed E-state index contributed by atoms with van der Waals surface area (Å²) in [6.45, 7) is 4.49. The van der Waals surface area contributed by atoms with Gasteiger partial charge in [-0.25, -0.2) is 0 Å². The van der Waals surface area contributed by atoms with Crippen molar-refractivity contribution >= 4 is 0 Å². The van der Waals surface area contributed by atoms with Crippen LogP contribution in [-0.4, -0.2) is 36.1 Å². The van der Waals surface area contributed by atoms with E-state index in [1.54, 1.807) is 6.08 Å². The molecule has 0 aliphatic heterocycles. The molecule has 0 spiro atoms. The van der Waals surface area contributed by atoms with Gasteiger partial charge in [0, 0.05) is 6.61 Å². The standard InChI is InChI=1S/C8H16O3/c1-2-5-11-6-3-4-8(10)7-9/h2,8-10H,1,3-7H2. The summed E-state index contributed by atoms with van der Waals surface area (Å²) >= 11 is 0. The fourth-order valence-electron chi connectivity index (χ4n) is 0.679. The molecule has 0 aromatic heterocycles. The van der Waals surface area contributed by atoms with Gasteiger partial charge in [-0.1, -0.05) is 6.08 Å². The summed E-state index contributed by atoms with van der Waals surface area (Å²) < 4.78 is 5.07. The second-order valence-electron chi connectivity index (χ2n) is 2.34. The summed E-state index contributed by atoms with van der Waals surface area (Å²) in [7, 11) is 0. The molecule has 0 aliphatic carbocycles. The van der Waals surface area contributed by atoms with Crippen molar-refractivity contribution in [3.8, 4) is 0 Å². The Morgan fingerprint density at radius 3 is 2.82 bits per heavy atom. The second kappa shape index (κ2) is 7.72. The number of aliphatic hydroxyl groups is 2. The lowest BCUT2D eigenvalue weighted by molar-refractivity contribution is 0.0744. The van der Waals surface area contributed by atoms with E-state index < -0.39 is 6.10 Å². The highest BCUT2D eigenvalue weighted by Gasteiger charge is 1.99. The summed E-state index contributed by atoms with van der Waals surface area (Å²) in [5.41, 5.74) is 0. The molecule has 66 valence electrons. The Balaban J connectivity index is 2.95. The monoisotopic (exact) mass is 160 g/mol. The van der Waals surface area contributed by atoms with Crippen molar-refractivity contribution in [2.45, 2.75) is 18.9 Å². The second-order valence-corrected chi connectivity index (χ2v) is 2.34. The lowest BCUT2D eigenvalue weighted by Crippen LogP contribution is -2.12. The molecular formula is C8H16O3. The third kappa shape index (κ3) is 7.52. The topological polar surface area (TPSA) is 49.7 Å². The van der Waals surface area contributed by atoms with E-state index in [2.05, 4.69) is 6.58 Å². The molecule has 0 amide bonds. The predicted molar refractivity (Wildman–Crippen MR) is 43.3 cm³/mol. The average molecular weight is 160 g/mol. The molecule has 0 saturated heterocycles. The van der Waals surface area contributed by atoms with E-state index in [1.807, 2.05) is 0 Å². The Kier molecular flexibility index (Phi) is 7.46. The number of hydrogen-bond donors (Lipinski definition) is 2. The molecule has 0 saturated carbocycles. The maximum absolute atomic E-state index is 8.89. The summed E-state index contributed by atoms with van der Waals surface area (Å²) in [6, 6.07) is 0. The van der Waals surface area contributed by atoms with Gasteiger partial charge in [-0.2, -0.15) is 0 Å². The Hall–Kier alpha value is -0.380. The van der Waals surface area contributed by atoms with Crippen LogP contribution in [-0.2, 0) is 4.74 Å². The molecule has 0 radical (unpaired) electrons. The highest BCUT2D eigenvalue weighted by atomic mass is 16.5. The van der Waals surface area contributed by atoms with Gasteiger partial charge in [0.05, 0.1) is 19.3 Å². The van der Waals surface area contributed by atoms with Crippen LogP contribution >= 0.6 is 0 Å². The minimum Gasteiger partial charge on any atom is -0.394 e. The largest absolute Gasteiger partial charge is 0.394 e. The molecule has 3 heteroatoms. The van der Waals surface area contributed by atoms with Gasteiger partial charge in [-0.3, -0.25) is 0 Å². The normalized spacial score (nSPS) is 12.9. The molecule has 0 bridgehead atoms. The van der Waals surface area contributed by atoms with Crippen LogP contribution in [0.3, 0.4) is 0 Å². The van der Waals surface area contributed by atoms with E-state index in [-0.39, 0.29) is 6.61 Å². The zero-order chi connectivity index (χ0) is 8.53. The number of aliphatic hydroxyl groups excluding tert-OH is 2. The summed E-state index contributed by atoms with van der Waals surface area (Å²) in [5.74, 6) is 0. The highest BCUT2D eigenvalue weighted by Crippen LogP contribution is 1.95. The third-order valence-electron chi connectivity index (χ3n) is 1.27. The van der Waals surface area contributed by atoms with E-state index >= 15 is 0 Å². The zero-order valence-corrected chi connectivity index (χ0v) is 6.70. The van der Waals surface area contributed by atoms with Gasteiger partial charge in [-0.15, -0.1) is 6.58 Å². The minimum absolute atomic E-state index is 0.165. The predicted octanol–water partition coefficient (Wildman–Crippen LogP) is 0.322. The van der Waals surface area contributed by atoms with Gasteiger partial charge in [0.15, 0.2) is 0 Å². The fourth-order valence-corrected chi connectivity index (χ4v) is 0.679. The average Bonchev–Trinajstić information content (AvgIpc) is 2.04. The van der Waals surface area contributed by atoms with Gasteiger partial charge in [0.2, 0.25) is 0 Å². The van der Waals surface area contributed by atoms with Gasteiger partial charge in [-0.05, 0) is 12.8 Å². The molecule has 11 heavy (non-hydrogen) atoms. The molecule has 2 N–H and O–H groups in total. The molecule has 1 atom stereocenters. The number of ether oxygens (including phenoxy) is 1. The van der Waals surface area contributed by atoms with Crippen molar-refractivity contribution in [1.82, 2.24) is 0 Å². The molecule has 0 aromatic rings. The Labute approximate surface area is 67.3 Å². The summed E-state index contributed by atoms with van der Waals surface area (Å²) in [5, 5.41) is 17.3. The van der Waals surface area contributed by atoms with Crippen LogP contribution in [0.5, 0.6) is 0 Å². The van der Waals surface area contributed by atoms with E-state index in [0.717, 1.165) is 6.42 Å². The quantitative estimate of drug-likeness (QED) is 0.416. The number of rotatable bonds is 7. The van der Waals surface area contributed by atoms with Crippen molar-refractivity contribution in [1.29, 1.82) is 0 Å². The van der Waals surface area contributed by atoms with Gasteiger partial charge in [0.25, 0.3) is 0 Å². The van der Waals surface area contributed by atoms with Crippen LogP contribution in [0.1, 0.15) is 12.8 Å². The Morgan fingerprint density at radius 2 is 2.27 bits per heavy atom. The van der Waals surface area contributed by atoms with E-state index in [4.69, 9.17) is 14.9 Å². The SMILES string of the molecule is C=CCOCCCC(O)CO. The molecule has 0 aromatic carbocycles. The summed E-state index contributed by atoms with van der Waals surface area (Å²) in [6.07, 6.45) is 2.45. The number of hydrogen-bond acceptors (Lipinski definition) is 3. The first-order valence-corrected chi connectivity index (χ1v) is 3.78. The lowest BCUT2D eigenvalue weighted by atomic mass is 10.2. The first-order chi connectivity index (χ1) is 5.31. The van der Waals surface area contributed by atoms with Crippen LogP contribution in [0.15, 0.2) is 12.7 Å². The van der Waals surface area contributed by atoms with Crippen molar-refractivity contribution in [3.05, 3.63) is 12.7 Å². The van der Waals surface area contributed by atoms with Crippen molar-refractivity contribution < 1.29 is 14.9 Å². The molecule has 0 rings (SSSR count). The zero-order valence-electron chi connectivity index (χ0n) is 6.70. The van der Waals surface area contributed by atoms with E-state index in [9.17, 15) is 0 Å². The first-order valence-electron chi connectivity index (χ1n) is 3.78. The van der Waals surface area contributed by atoms with Crippen molar-refractivity contribution in [3.63, 3.8) is 0 Å². The smallest absolute Gasteiger partial charge is 0.0771 e. The highest BCUT2D eigenvalue weighted by molar-refractivity contribution is 4.63. The maximum Gasteiger partial charge on any atom is 0.0771 e. The van der Waals surface area contributed by atoms with Crippen LogP contribution in [0.25, 0.3) is 0 Å². The molecule has 0 heterocycles. The molecule has 1 unspecified atom stereocenters. The van der Waals surface area contributed by atoms with E-state index in [0.29, 0.717) is 19.6 Å². The maximum atomic E-state index is 8.89. The van der Waals surface area contributed by atoms with Crippen LogP contribution in [0.2, 0.25) is 0 Å². The fraction of sp³-hybridized carbons (Fsp3) is 0.750. The van der Waals surface area contributed by atoms with Gasteiger partial charge < -0.3 is 14.9 Å². The van der Waals surface area contributed by atoms with Gasteiger partial charge in [0.1, 0.15) is 0 Å². The van der Waals surface area contributed by atoms with E-state index in [1.165, 1.54) is 0 Å². The molecule has 3 nitrogen and oxygen atoms in total. The van der Waals surface area contributed by atoms with Crippen LogP contribution < -0.4 is 0 Å².